The van der Waals surface area contributed by atoms with Crippen LogP contribution in [0.3, 0.4) is 0 Å². The molecule has 3 heterocycles. The van der Waals surface area contributed by atoms with Crippen molar-refractivity contribution in [3.63, 3.8) is 0 Å². The zero-order chi connectivity index (χ0) is 12.6. The Morgan fingerprint density at radius 2 is 2.56 bits per heavy atom. The topological polar surface area (TPSA) is 29.5 Å². The standard InChI is InChI=1S/C14H19NO2S/c1-11-12-3-7-18-13(12)2-5-15(11)8-14(9-16)4-6-17-10-14/h3,7,9,11H,2,4-6,8,10H2,1H3. The number of nitrogens with zero attached hydrogens (tertiary/aromatic N) is 1. The predicted octanol–water partition coefficient (Wildman–Crippen LogP) is 2.27. The fraction of sp³-hybridized carbons (Fsp3) is 0.643. The molecule has 0 bridgehead atoms. The van der Waals surface area contributed by atoms with E-state index in [4.69, 9.17) is 4.74 Å². The number of rotatable bonds is 3. The van der Waals surface area contributed by atoms with E-state index in [0.29, 0.717) is 12.6 Å². The van der Waals surface area contributed by atoms with Crippen LogP contribution in [-0.4, -0.2) is 37.5 Å². The molecule has 1 aromatic heterocycles. The molecule has 0 spiro atoms. The summed E-state index contributed by atoms with van der Waals surface area (Å²) in [7, 11) is 0. The highest BCUT2D eigenvalue weighted by Crippen LogP contribution is 2.36. The molecule has 1 aromatic rings. The maximum Gasteiger partial charge on any atom is 0.129 e. The highest BCUT2D eigenvalue weighted by atomic mass is 32.1. The Morgan fingerprint density at radius 1 is 1.67 bits per heavy atom. The molecule has 1 fully saturated rings. The fourth-order valence-corrected chi connectivity index (χ4v) is 4.02. The smallest absolute Gasteiger partial charge is 0.129 e. The summed E-state index contributed by atoms with van der Waals surface area (Å²) < 4.78 is 5.43. The minimum absolute atomic E-state index is 0.262. The summed E-state index contributed by atoms with van der Waals surface area (Å²) in [6.07, 6.45) is 3.11. The summed E-state index contributed by atoms with van der Waals surface area (Å²) in [5.41, 5.74) is 1.19. The Balaban J connectivity index is 1.76. The third kappa shape index (κ3) is 2.02. The molecule has 4 heteroatoms. The van der Waals surface area contributed by atoms with Crippen molar-refractivity contribution >= 4 is 17.6 Å². The first kappa shape index (κ1) is 12.3. The first-order valence-electron chi connectivity index (χ1n) is 6.58. The van der Waals surface area contributed by atoms with Gasteiger partial charge < -0.3 is 9.53 Å². The molecule has 1 saturated heterocycles. The van der Waals surface area contributed by atoms with Crippen molar-refractivity contribution in [2.45, 2.75) is 25.8 Å². The largest absolute Gasteiger partial charge is 0.380 e. The van der Waals surface area contributed by atoms with E-state index in [9.17, 15) is 4.79 Å². The van der Waals surface area contributed by atoms with Crippen LogP contribution in [0.25, 0.3) is 0 Å². The lowest BCUT2D eigenvalue weighted by atomic mass is 9.87. The van der Waals surface area contributed by atoms with Gasteiger partial charge in [0.15, 0.2) is 0 Å². The van der Waals surface area contributed by atoms with Crippen LogP contribution in [0.1, 0.15) is 29.8 Å². The first-order valence-corrected chi connectivity index (χ1v) is 7.46. The lowest BCUT2D eigenvalue weighted by Crippen LogP contribution is -2.43. The maximum atomic E-state index is 11.4. The summed E-state index contributed by atoms with van der Waals surface area (Å²) in [6, 6.07) is 2.66. The fourth-order valence-electron chi connectivity index (χ4n) is 3.06. The van der Waals surface area contributed by atoms with Crippen molar-refractivity contribution in [1.82, 2.24) is 4.90 Å². The summed E-state index contributed by atoms with van der Waals surface area (Å²) in [5, 5.41) is 2.18. The van der Waals surface area contributed by atoms with E-state index in [1.165, 1.54) is 10.4 Å². The SMILES string of the molecule is CC1c2ccsc2CCN1CC1(C=O)CCOC1. The van der Waals surface area contributed by atoms with Gasteiger partial charge in [-0.3, -0.25) is 4.90 Å². The van der Waals surface area contributed by atoms with E-state index < -0.39 is 0 Å². The molecule has 2 aliphatic rings. The zero-order valence-corrected chi connectivity index (χ0v) is 11.5. The molecular formula is C14H19NO2S. The van der Waals surface area contributed by atoms with Gasteiger partial charge in [-0.1, -0.05) is 0 Å². The van der Waals surface area contributed by atoms with Gasteiger partial charge in [-0.15, -0.1) is 11.3 Å². The number of carbonyl (C=O) groups excluding carboxylic acids is 1. The minimum atomic E-state index is -0.262. The second-order valence-corrected chi connectivity index (χ2v) is 6.48. The van der Waals surface area contributed by atoms with Crippen molar-refractivity contribution in [2.75, 3.05) is 26.3 Å². The van der Waals surface area contributed by atoms with Crippen LogP contribution in [0.5, 0.6) is 0 Å². The van der Waals surface area contributed by atoms with E-state index in [-0.39, 0.29) is 5.41 Å². The molecule has 0 radical (unpaired) electrons. The van der Waals surface area contributed by atoms with Crippen molar-refractivity contribution < 1.29 is 9.53 Å². The predicted molar refractivity (Wildman–Crippen MR) is 71.9 cm³/mol. The Labute approximate surface area is 112 Å². The van der Waals surface area contributed by atoms with Crippen LogP contribution >= 0.6 is 11.3 Å². The van der Waals surface area contributed by atoms with Crippen molar-refractivity contribution in [1.29, 1.82) is 0 Å². The molecule has 18 heavy (non-hydrogen) atoms. The molecule has 2 aliphatic heterocycles. The van der Waals surface area contributed by atoms with Gasteiger partial charge in [0.25, 0.3) is 0 Å². The molecule has 0 aromatic carbocycles. The van der Waals surface area contributed by atoms with Crippen LogP contribution in [0.15, 0.2) is 11.4 Å². The molecule has 0 amide bonds. The Hall–Kier alpha value is -0.710. The number of hydrogen-bond donors (Lipinski definition) is 0. The molecule has 2 atom stereocenters. The van der Waals surface area contributed by atoms with E-state index >= 15 is 0 Å². The maximum absolute atomic E-state index is 11.4. The van der Waals surface area contributed by atoms with Gasteiger partial charge in [-0.2, -0.15) is 0 Å². The molecule has 2 unspecified atom stereocenters. The highest BCUT2D eigenvalue weighted by molar-refractivity contribution is 7.10. The molecule has 0 aliphatic carbocycles. The van der Waals surface area contributed by atoms with Gasteiger partial charge in [-0.25, -0.2) is 0 Å². The van der Waals surface area contributed by atoms with E-state index in [2.05, 4.69) is 23.3 Å². The third-order valence-electron chi connectivity index (χ3n) is 4.31. The van der Waals surface area contributed by atoms with E-state index in [0.717, 1.165) is 38.8 Å². The van der Waals surface area contributed by atoms with Gasteiger partial charge in [-0.05, 0) is 36.8 Å². The first-order chi connectivity index (χ1) is 8.74. The van der Waals surface area contributed by atoms with Gasteiger partial charge in [0.05, 0.1) is 12.0 Å². The van der Waals surface area contributed by atoms with Crippen LogP contribution in [0.2, 0.25) is 0 Å². The molecule has 98 valence electrons. The number of thiophene rings is 1. The highest BCUT2D eigenvalue weighted by Gasteiger charge is 2.38. The number of hydrogen-bond acceptors (Lipinski definition) is 4. The van der Waals surface area contributed by atoms with Crippen molar-refractivity contribution in [3.05, 3.63) is 21.9 Å². The normalized spacial score (nSPS) is 32.4. The average Bonchev–Trinajstić information content (AvgIpc) is 3.03. The average molecular weight is 265 g/mol. The Morgan fingerprint density at radius 3 is 3.28 bits per heavy atom. The van der Waals surface area contributed by atoms with Crippen LogP contribution in [0, 0.1) is 5.41 Å². The van der Waals surface area contributed by atoms with Crippen molar-refractivity contribution in [3.8, 4) is 0 Å². The molecule has 3 nitrogen and oxygen atoms in total. The molecule has 3 rings (SSSR count). The summed E-state index contributed by atoms with van der Waals surface area (Å²) >= 11 is 1.86. The van der Waals surface area contributed by atoms with Gasteiger partial charge in [0, 0.05) is 30.6 Å². The van der Waals surface area contributed by atoms with Crippen LogP contribution in [-0.2, 0) is 16.0 Å². The Kier molecular flexibility index (Phi) is 3.26. The van der Waals surface area contributed by atoms with Crippen molar-refractivity contribution in [2.24, 2.45) is 5.41 Å². The van der Waals surface area contributed by atoms with E-state index in [1.807, 2.05) is 11.3 Å². The Bertz CT molecular complexity index is 437. The number of carbonyl (C=O) groups is 1. The summed E-state index contributed by atoms with van der Waals surface area (Å²) in [5.74, 6) is 0. The van der Waals surface area contributed by atoms with Crippen LogP contribution in [0.4, 0.5) is 0 Å². The summed E-state index contributed by atoms with van der Waals surface area (Å²) in [4.78, 5) is 15.4. The third-order valence-corrected chi connectivity index (χ3v) is 5.30. The number of fused-ring (bicyclic) bond motifs is 1. The van der Waals surface area contributed by atoms with Gasteiger partial charge in [0.1, 0.15) is 6.29 Å². The van der Waals surface area contributed by atoms with Gasteiger partial charge >= 0.3 is 0 Å². The molecule has 0 saturated carbocycles. The second-order valence-electron chi connectivity index (χ2n) is 5.48. The lowest BCUT2D eigenvalue weighted by Gasteiger charge is -2.37. The lowest BCUT2D eigenvalue weighted by molar-refractivity contribution is -0.117. The zero-order valence-electron chi connectivity index (χ0n) is 10.7. The monoisotopic (exact) mass is 265 g/mol. The van der Waals surface area contributed by atoms with Crippen LogP contribution < -0.4 is 0 Å². The minimum Gasteiger partial charge on any atom is -0.380 e. The second kappa shape index (κ2) is 4.76. The summed E-state index contributed by atoms with van der Waals surface area (Å²) in [6.45, 7) is 5.47. The number of ether oxygens (including phenoxy) is 1. The number of aldehydes is 1. The van der Waals surface area contributed by atoms with E-state index in [1.54, 1.807) is 0 Å². The molecule has 0 N–H and O–H groups in total. The quantitative estimate of drug-likeness (QED) is 0.785. The van der Waals surface area contributed by atoms with Gasteiger partial charge in [0.2, 0.25) is 0 Å². The molecular weight excluding hydrogens is 246 g/mol.